The zero-order valence-corrected chi connectivity index (χ0v) is 8.81. The number of allylic oxidation sites excluding steroid dienone is 2. The number of hydrogen-bond donors (Lipinski definition) is 1. The molecular formula is C10H20N2. The van der Waals surface area contributed by atoms with Crippen molar-refractivity contribution in [2.75, 3.05) is 6.54 Å². The topological polar surface area (TPSA) is 24.4 Å². The maximum absolute atomic E-state index is 4.27. The molecule has 0 bridgehead atoms. The number of hydrogen-bond acceptors (Lipinski definition) is 2. The third-order valence-corrected chi connectivity index (χ3v) is 1.35. The van der Waals surface area contributed by atoms with Gasteiger partial charge in [-0.25, -0.2) is 0 Å². The van der Waals surface area contributed by atoms with Crippen LogP contribution in [0.15, 0.2) is 16.8 Å². The molecule has 2 heteroatoms. The minimum Gasteiger partial charge on any atom is -0.386 e. The molecule has 2 nitrogen and oxygen atoms in total. The highest BCUT2D eigenvalue weighted by molar-refractivity contribution is 5.93. The summed E-state index contributed by atoms with van der Waals surface area (Å²) in [4.78, 5) is 4.27. The Morgan fingerprint density at radius 1 is 1.42 bits per heavy atom. The van der Waals surface area contributed by atoms with E-state index in [0.717, 1.165) is 12.3 Å². The SMILES string of the molecule is CCN=C(C)C=C(C)NC(C)C. The highest BCUT2D eigenvalue weighted by atomic mass is 14.9. The van der Waals surface area contributed by atoms with Crippen LogP contribution in [0.4, 0.5) is 0 Å². The molecule has 0 atom stereocenters. The van der Waals surface area contributed by atoms with Crippen molar-refractivity contribution in [3.05, 3.63) is 11.8 Å². The Morgan fingerprint density at radius 2 is 2.00 bits per heavy atom. The monoisotopic (exact) mass is 168 g/mol. The van der Waals surface area contributed by atoms with Crippen molar-refractivity contribution in [2.24, 2.45) is 4.99 Å². The quantitative estimate of drug-likeness (QED) is 0.640. The molecule has 12 heavy (non-hydrogen) atoms. The standard InChI is InChI=1S/C10H20N2/c1-6-11-9(4)7-10(5)12-8(2)3/h7-8,12H,6H2,1-5H3. The van der Waals surface area contributed by atoms with Crippen molar-refractivity contribution < 1.29 is 0 Å². The zero-order chi connectivity index (χ0) is 9.56. The molecule has 0 rings (SSSR count). The summed E-state index contributed by atoms with van der Waals surface area (Å²) in [6.45, 7) is 11.2. The molecule has 0 aliphatic carbocycles. The van der Waals surface area contributed by atoms with E-state index in [0.29, 0.717) is 6.04 Å². The second-order valence-corrected chi connectivity index (χ2v) is 3.24. The fourth-order valence-electron chi connectivity index (χ4n) is 1.11. The summed E-state index contributed by atoms with van der Waals surface area (Å²) in [7, 11) is 0. The summed E-state index contributed by atoms with van der Waals surface area (Å²) in [5.41, 5.74) is 2.27. The summed E-state index contributed by atoms with van der Waals surface area (Å²) in [5.74, 6) is 0. The molecule has 0 aliphatic rings. The van der Waals surface area contributed by atoms with Crippen LogP contribution in [-0.4, -0.2) is 18.3 Å². The van der Waals surface area contributed by atoms with Gasteiger partial charge in [-0.2, -0.15) is 0 Å². The van der Waals surface area contributed by atoms with Gasteiger partial charge in [0.1, 0.15) is 0 Å². The second kappa shape index (κ2) is 5.81. The van der Waals surface area contributed by atoms with E-state index in [4.69, 9.17) is 0 Å². The summed E-state index contributed by atoms with van der Waals surface area (Å²) in [5, 5.41) is 3.31. The van der Waals surface area contributed by atoms with E-state index >= 15 is 0 Å². The predicted molar refractivity (Wildman–Crippen MR) is 55.7 cm³/mol. The predicted octanol–water partition coefficient (Wildman–Crippen LogP) is 2.37. The fourth-order valence-corrected chi connectivity index (χ4v) is 1.11. The molecule has 0 radical (unpaired) electrons. The van der Waals surface area contributed by atoms with Crippen LogP contribution in [-0.2, 0) is 0 Å². The Bertz CT molecular complexity index is 178. The van der Waals surface area contributed by atoms with Gasteiger partial charge in [0.05, 0.1) is 0 Å². The highest BCUT2D eigenvalue weighted by Gasteiger charge is 1.92. The molecule has 0 spiro atoms. The van der Waals surface area contributed by atoms with Gasteiger partial charge in [-0.1, -0.05) is 0 Å². The van der Waals surface area contributed by atoms with Crippen molar-refractivity contribution in [3.63, 3.8) is 0 Å². The molecule has 0 fully saturated rings. The first kappa shape index (κ1) is 11.2. The van der Waals surface area contributed by atoms with Crippen LogP contribution in [0, 0.1) is 0 Å². The molecule has 0 aliphatic heterocycles. The van der Waals surface area contributed by atoms with E-state index in [9.17, 15) is 0 Å². The number of nitrogens with one attached hydrogen (secondary N) is 1. The van der Waals surface area contributed by atoms with E-state index in [1.807, 2.05) is 13.8 Å². The average molecular weight is 168 g/mol. The Hall–Kier alpha value is -0.790. The molecule has 0 saturated heterocycles. The minimum absolute atomic E-state index is 0.496. The van der Waals surface area contributed by atoms with Crippen molar-refractivity contribution in [3.8, 4) is 0 Å². The molecule has 70 valence electrons. The Labute approximate surface area is 75.8 Å². The lowest BCUT2D eigenvalue weighted by atomic mass is 10.3. The van der Waals surface area contributed by atoms with Crippen LogP contribution in [0.25, 0.3) is 0 Å². The van der Waals surface area contributed by atoms with Gasteiger partial charge >= 0.3 is 0 Å². The van der Waals surface area contributed by atoms with Crippen molar-refractivity contribution >= 4 is 5.71 Å². The molecule has 1 N–H and O–H groups in total. The summed E-state index contributed by atoms with van der Waals surface area (Å²) in [6.07, 6.45) is 2.07. The Morgan fingerprint density at radius 3 is 2.42 bits per heavy atom. The molecule has 0 unspecified atom stereocenters. The van der Waals surface area contributed by atoms with E-state index in [1.54, 1.807) is 0 Å². The zero-order valence-electron chi connectivity index (χ0n) is 8.81. The van der Waals surface area contributed by atoms with Crippen LogP contribution < -0.4 is 5.32 Å². The first-order chi connectivity index (χ1) is 5.56. The van der Waals surface area contributed by atoms with Gasteiger partial charge in [0.2, 0.25) is 0 Å². The van der Waals surface area contributed by atoms with Gasteiger partial charge in [0.25, 0.3) is 0 Å². The first-order valence-corrected chi connectivity index (χ1v) is 4.52. The van der Waals surface area contributed by atoms with Gasteiger partial charge in [-0.05, 0) is 40.7 Å². The Kier molecular flexibility index (Phi) is 5.43. The van der Waals surface area contributed by atoms with E-state index in [1.165, 1.54) is 5.70 Å². The lowest BCUT2D eigenvalue weighted by Crippen LogP contribution is -2.20. The Balaban J connectivity index is 4.06. The van der Waals surface area contributed by atoms with E-state index in [2.05, 4.69) is 37.2 Å². The molecule has 0 aromatic carbocycles. The second-order valence-electron chi connectivity index (χ2n) is 3.24. The van der Waals surface area contributed by atoms with Crippen LogP contribution in [0.5, 0.6) is 0 Å². The maximum atomic E-state index is 4.27. The van der Waals surface area contributed by atoms with Crippen molar-refractivity contribution in [2.45, 2.75) is 40.7 Å². The fraction of sp³-hybridized carbons (Fsp3) is 0.700. The van der Waals surface area contributed by atoms with Crippen LogP contribution in [0.3, 0.4) is 0 Å². The molecule has 0 aromatic heterocycles. The van der Waals surface area contributed by atoms with Crippen LogP contribution in [0.1, 0.15) is 34.6 Å². The molecule has 0 aromatic rings. The van der Waals surface area contributed by atoms with E-state index < -0.39 is 0 Å². The smallest absolute Gasteiger partial charge is 0.0364 e. The highest BCUT2D eigenvalue weighted by Crippen LogP contribution is 1.92. The largest absolute Gasteiger partial charge is 0.386 e. The van der Waals surface area contributed by atoms with Gasteiger partial charge in [0.15, 0.2) is 0 Å². The summed E-state index contributed by atoms with van der Waals surface area (Å²) < 4.78 is 0. The van der Waals surface area contributed by atoms with Crippen molar-refractivity contribution in [1.82, 2.24) is 5.32 Å². The number of rotatable bonds is 4. The average Bonchev–Trinajstić information content (AvgIpc) is 1.84. The summed E-state index contributed by atoms with van der Waals surface area (Å²) >= 11 is 0. The third kappa shape index (κ3) is 5.96. The van der Waals surface area contributed by atoms with Crippen LogP contribution >= 0.6 is 0 Å². The lowest BCUT2D eigenvalue weighted by molar-refractivity contribution is 0.670. The third-order valence-electron chi connectivity index (χ3n) is 1.35. The molecular weight excluding hydrogens is 148 g/mol. The van der Waals surface area contributed by atoms with E-state index in [-0.39, 0.29) is 0 Å². The molecule has 0 saturated carbocycles. The van der Waals surface area contributed by atoms with Crippen molar-refractivity contribution in [1.29, 1.82) is 0 Å². The van der Waals surface area contributed by atoms with Gasteiger partial charge in [-0.15, -0.1) is 0 Å². The maximum Gasteiger partial charge on any atom is 0.0364 e. The molecule has 0 heterocycles. The minimum atomic E-state index is 0.496. The van der Waals surface area contributed by atoms with Gasteiger partial charge in [-0.3, -0.25) is 4.99 Å². The first-order valence-electron chi connectivity index (χ1n) is 4.52. The summed E-state index contributed by atoms with van der Waals surface area (Å²) in [6, 6.07) is 0.496. The number of aliphatic imine (C=N–C) groups is 1. The van der Waals surface area contributed by atoms with Gasteiger partial charge in [0, 0.05) is 24.0 Å². The van der Waals surface area contributed by atoms with Crippen LogP contribution in [0.2, 0.25) is 0 Å². The van der Waals surface area contributed by atoms with Gasteiger partial charge < -0.3 is 5.32 Å². The lowest BCUT2D eigenvalue weighted by Gasteiger charge is -2.09. The number of nitrogens with zero attached hydrogens (tertiary/aromatic N) is 1. The molecule has 0 amide bonds. The normalized spacial score (nSPS) is 13.8.